The maximum atomic E-state index is 4.74. The summed E-state index contributed by atoms with van der Waals surface area (Å²) in [6.45, 7) is 0. The lowest BCUT2D eigenvalue weighted by atomic mass is 9.96. The molecule has 2 heterocycles. The largest absolute Gasteiger partial charge is 0.254 e. The van der Waals surface area contributed by atoms with E-state index in [2.05, 4.69) is 151 Å². The Labute approximate surface area is 228 Å². The van der Waals surface area contributed by atoms with E-state index in [1.165, 1.54) is 36.5 Å². The molecule has 0 amide bonds. The smallest absolute Gasteiger partial charge is 0.0970 e. The average Bonchev–Trinajstić information content (AvgIpc) is 2.71. The third-order valence-corrected chi connectivity index (χ3v) is 7.46. The van der Waals surface area contributed by atoms with E-state index in [0.717, 1.165) is 21.8 Å². The van der Waals surface area contributed by atoms with Crippen LogP contribution in [0.2, 0.25) is 0 Å². The van der Waals surface area contributed by atoms with Gasteiger partial charge in [0.1, 0.15) is 0 Å². The Morgan fingerprint density at radius 1 is 0.467 bits per heavy atom. The average molecular weight is 836 g/mol. The lowest BCUT2D eigenvalue weighted by molar-refractivity contribution is 1.37. The van der Waals surface area contributed by atoms with Crippen LogP contribution in [-0.4, -0.2) is 9.97 Å². The summed E-state index contributed by atoms with van der Waals surface area (Å²) in [6, 6.07) is 21.8. The molecule has 0 bridgehead atoms. The van der Waals surface area contributed by atoms with E-state index in [1.807, 2.05) is 12.4 Å². The molecule has 0 aliphatic carbocycles. The molecule has 0 atom stereocenters. The lowest BCUT2D eigenvalue weighted by Crippen LogP contribution is -1.91. The molecule has 0 aliphatic heterocycles. The van der Waals surface area contributed by atoms with Crippen LogP contribution < -0.4 is 0 Å². The van der Waals surface area contributed by atoms with E-state index in [9.17, 15) is 0 Å². The Morgan fingerprint density at radius 2 is 0.833 bits per heavy atom. The van der Waals surface area contributed by atoms with Crippen molar-refractivity contribution < 1.29 is 0 Å². The zero-order chi connectivity index (χ0) is 20.8. The van der Waals surface area contributed by atoms with Crippen LogP contribution in [0, 0.1) is 14.3 Å². The van der Waals surface area contributed by atoms with Crippen molar-refractivity contribution in [2.24, 2.45) is 0 Å². The SMILES string of the molecule is Ic1cc(I)cc(-c2ccnc3c2ccc2c(-c4cc(I)cc(I)c4)ccnc23)c1. The first kappa shape index (κ1) is 21.3. The molecule has 0 aliphatic rings. The van der Waals surface area contributed by atoms with Crippen molar-refractivity contribution in [3.05, 3.63) is 87.3 Å². The fraction of sp³-hybridized carbons (Fsp3) is 0. The summed E-state index contributed by atoms with van der Waals surface area (Å²) in [5, 5.41) is 2.26. The normalized spacial score (nSPS) is 11.3. The molecule has 0 fully saturated rings. The molecule has 0 spiro atoms. The minimum Gasteiger partial charge on any atom is -0.254 e. The fourth-order valence-corrected chi connectivity index (χ4v) is 7.63. The number of nitrogens with zero attached hydrogens (tertiary/aromatic N) is 2. The van der Waals surface area contributed by atoms with Gasteiger partial charge < -0.3 is 0 Å². The van der Waals surface area contributed by atoms with E-state index in [1.54, 1.807) is 0 Å². The Kier molecular flexibility index (Phi) is 6.19. The first-order chi connectivity index (χ1) is 14.5. The maximum absolute atomic E-state index is 4.74. The molecule has 0 unspecified atom stereocenters. The van der Waals surface area contributed by atoms with Gasteiger partial charge in [-0.05, 0) is 161 Å². The van der Waals surface area contributed by atoms with Crippen molar-refractivity contribution in [2.75, 3.05) is 0 Å². The zero-order valence-electron chi connectivity index (χ0n) is 15.3. The van der Waals surface area contributed by atoms with Gasteiger partial charge >= 0.3 is 0 Å². The molecule has 30 heavy (non-hydrogen) atoms. The number of pyridine rings is 2. The van der Waals surface area contributed by atoms with Gasteiger partial charge in [-0.1, -0.05) is 12.1 Å². The minimum absolute atomic E-state index is 0.945. The van der Waals surface area contributed by atoms with Crippen LogP contribution >= 0.6 is 90.4 Å². The van der Waals surface area contributed by atoms with Crippen molar-refractivity contribution in [3.8, 4) is 22.3 Å². The highest BCUT2D eigenvalue weighted by Crippen LogP contribution is 2.36. The Bertz CT molecular complexity index is 1300. The summed E-state index contributed by atoms with van der Waals surface area (Å²) in [4.78, 5) is 9.48. The van der Waals surface area contributed by atoms with Crippen molar-refractivity contribution in [3.63, 3.8) is 0 Å². The van der Waals surface area contributed by atoms with Crippen molar-refractivity contribution in [1.82, 2.24) is 9.97 Å². The van der Waals surface area contributed by atoms with E-state index < -0.39 is 0 Å². The van der Waals surface area contributed by atoms with E-state index in [4.69, 9.17) is 9.97 Å². The number of rotatable bonds is 2. The predicted octanol–water partition coefficient (Wildman–Crippen LogP) is 8.54. The molecule has 0 N–H and O–H groups in total. The summed E-state index contributed by atoms with van der Waals surface area (Å²) < 4.78 is 4.92. The quantitative estimate of drug-likeness (QED) is 0.132. The van der Waals surface area contributed by atoms with Crippen LogP contribution in [0.4, 0.5) is 0 Å². The molecular formula is C24H12I4N2. The molecule has 146 valence electrons. The molecule has 2 aromatic heterocycles. The molecule has 3 aromatic carbocycles. The van der Waals surface area contributed by atoms with Gasteiger partial charge in [-0.15, -0.1) is 0 Å². The highest BCUT2D eigenvalue weighted by molar-refractivity contribution is 14.1. The molecular weight excluding hydrogens is 824 g/mol. The summed E-state index contributed by atoms with van der Waals surface area (Å²) in [5.41, 5.74) is 6.69. The van der Waals surface area contributed by atoms with Crippen LogP contribution in [0.3, 0.4) is 0 Å². The Balaban J connectivity index is 1.79. The number of benzene rings is 3. The minimum atomic E-state index is 0.945. The molecule has 5 rings (SSSR count). The van der Waals surface area contributed by atoms with Crippen molar-refractivity contribution >= 4 is 112 Å². The van der Waals surface area contributed by atoms with Crippen LogP contribution in [0.1, 0.15) is 0 Å². The van der Waals surface area contributed by atoms with E-state index in [-0.39, 0.29) is 0 Å². The summed E-state index contributed by atoms with van der Waals surface area (Å²) >= 11 is 9.51. The zero-order valence-corrected chi connectivity index (χ0v) is 24.0. The standard InChI is InChI=1S/C24H12I4N2/c25-15-7-13(8-16(26)11-15)19-3-5-29-23-21(19)1-2-22-20(4-6-30-24(22)23)14-9-17(27)12-18(28)10-14/h1-12H. The number of halogens is 4. The number of hydrogen-bond acceptors (Lipinski definition) is 2. The monoisotopic (exact) mass is 836 g/mol. The summed E-state index contributed by atoms with van der Waals surface area (Å²) in [7, 11) is 0. The van der Waals surface area contributed by atoms with Crippen LogP contribution in [0.25, 0.3) is 44.1 Å². The van der Waals surface area contributed by atoms with Gasteiger partial charge in [0.2, 0.25) is 0 Å². The third kappa shape index (κ3) is 4.08. The molecule has 0 saturated carbocycles. The maximum Gasteiger partial charge on any atom is 0.0970 e. The van der Waals surface area contributed by atoms with Crippen LogP contribution in [0.5, 0.6) is 0 Å². The molecule has 0 radical (unpaired) electrons. The van der Waals surface area contributed by atoms with Gasteiger partial charge in [0.15, 0.2) is 0 Å². The van der Waals surface area contributed by atoms with Crippen molar-refractivity contribution in [1.29, 1.82) is 0 Å². The second-order valence-electron chi connectivity index (χ2n) is 6.89. The first-order valence-electron chi connectivity index (χ1n) is 9.09. The van der Waals surface area contributed by atoms with Gasteiger partial charge in [-0.3, -0.25) is 9.97 Å². The molecule has 6 heteroatoms. The number of hydrogen-bond donors (Lipinski definition) is 0. The molecule has 2 nitrogen and oxygen atoms in total. The van der Waals surface area contributed by atoms with Gasteiger partial charge in [-0.25, -0.2) is 0 Å². The highest BCUT2D eigenvalue weighted by atomic mass is 127. The van der Waals surface area contributed by atoms with Crippen LogP contribution in [-0.2, 0) is 0 Å². The second kappa shape index (κ2) is 8.74. The van der Waals surface area contributed by atoms with Gasteiger partial charge in [0, 0.05) is 37.4 Å². The molecule has 5 aromatic rings. The fourth-order valence-electron chi connectivity index (χ4n) is 3.75. The topological polar surface area (TPSA) is 25.8 Å². The third-order valence-electron chi connectivity index (χ3n) is 4.97. The number of aromatic nitrogens is 2. The van der Waals surface area contributed by atoms with E-state index >= 15 is 0 Å². The summed E-state index contributed by atoms with van der Waals surface area (Å²) in [6.07, 6.45) is 3.79. The lowest BCUT2D eigenvalue weighted by Gasteiger charge is -2.12. The van der Waals surface area contributed by atoms with Gasteiger partial charge in [-0.2, -0.15) is 0 Å². The highest BCUT2D eigenvalue weighted by Gasteiger charge is 2.13. The van der Waals surface area contributed by atoms with Gasteiger partial charge in [0.05, 0.1) is 11.0 Å². The summed E-state index contributed by atoms with van der Waals surface area (Å²) in [5.74, 6) is 0. The van der Waals surface area contributed by atoms with Crippen LogP contribution in [0.15, 0.2) is 73.1 Å². The number of fused-ring (bicyclic) bond motifs is 3. The van der Waals surface area contributed by atoms with E-state index in [0.29, 0.717) is 0 Å². The first-order valence-corrected chi connectivity index (χ1v) is 13.4. The predicted molar refractivity (Wildman–Crippen MR) is 159 cm³/mol. The van der Waals surface area contributed by atoms with Crippen molar-refractivity contribution in [2.45, 2.75) is 0 Å². The Hall–Kier alpha value is -0.600. The Morgan fingerprint density at radius 3 is 1.20 bits per heavy atom. The van der Waals surface area contributed by atoms with Gasteiger partial charge in [0.25, 0.3) is 0 Å². The molecule has 0 saturated heterocycles. The second-order valence-corrected chi connectivity index (χ2v) is 11.9.